The number of nitrogens with zero attached hydrogens (tertiary/aromatic N) is 2. The maximum Gasteiger partial charge on any atom is 0.343 e. The van der Waals surface area contributed by atoms with Gasteiger partial charge in [0.1, 0.15) is 0 Å². The maximum absolute atomic E-state index is 12.6. The molecule has 1 aromatic heterocycles. The van der Waals surface area contributed by atoms with Crippen LogP contribution < -0.4 is 4.90 Å². The molecule has 0 saturated carbocycles. The highest BCUT2D eigenvalue weighted by molar-refractivity contribution is 5.98. The summed E-state index contributed by atoms with van der Waals surface area (Å²) in [4.78, 5) is 38.7. The van der Waals surface area contributed by atoms with Crippen molar-refractivity contribution in [2.75, 3.05) is 38.0 Å². The number of hydrogen-bond donors (Lipinski definition) is 1. The third-order valence-electron chi connectivity index (χ3n) is 5.20. The van der Waals surface area contributed by atoms with Gasteiger partial charge in [0, 0.05) is 25.5 Å². The first-order valence-electron chi connectivity index (χ1n) is 10.3. The first kappa shape index (κ1) is 22.1. The Morgan fingerprint density at radius 1 is 0.848 bits per heavy atom. The van der Waals surface area contributed by atoms with E-state index >= 15 is 0 Å². The van der Waals surface area contributed by atoms with Crippen LogP contribution in [0.3, 0.4) is 0 Å². The number of aromatic carboxylic acids is 1. The van der Waals surface area contributed by atoms with Gasteiger partial charge in [-0.05, 0) is 42.5 Å². The van der Waals surface area contributed by atoms with Crippen molar-refractivity contribution in [1.29, 1.82) is 0 Å². The number of morpholine rings is 1. The van der Waals surface area contributed by atoms with Crippen molar-refractivity contribution in [3.63, 3.8) is 0 Å². The Morgan fingerprint density at radius 2 is 1.55 bits per heavy atom. The number of esters is 2. The summed E-state index contributed by atoms with van der Waals surface area (Å²) < 4.78 is 17.2. The minimum atomic E-state index is -1.18. The predicted octanol–water partition coefficient (Wildman–Crippen LogP) is 2.98. The minimum Gasteiger partial charge on any atom is -0.478 e. The van der Waals surface area contributed by atoms with Crippen molar-refractivity contribution in [2.45, 2.75) is 0 Å². The number of carbonyl (C=O) groups excluding carboxylic acids is 2. The van der Waals surface area contributed by atoms with Gasteiger partial charge in [0.15, 0.2) is 0 Å². The summed E-state index contributed by atoms with van der Waals surface area (Å²) >= 11 is 0. The largest absolute Gasteiger partial charge is 0.478 e. The summed E-state index contributed by atoms with van der Waals surface area (Å²) in [7, 11) is 0. The van der Waals surface area contributed by atoms with E-state index in [0.29, 0.717) is 37.6 Å². The zero-order valence-electron chi connectivity index (χ0n) is 17.7. The number of benzene rings is 2. The van der Waals surface area contributed by atoms with E-state index < -0.39 is 24.7 Å². The van der Waals surface area contributed by atoms with Crippen molar-refractivity contribution in [2.24, 2.45) is 0 Å². The van der Waals surface area contributed by atoms with E-state index in [-0.39, 0.29) is 11.1 Å². The number of aromatic nitrogens is 1. The van der Waals surface area contributed by atoms with Gasteiger partial charge >= 0.3 is 17.9 Å². The highest BCUT2D eigenvalue weighted by Gasteiger charge is 2.20. The first-order valence-corrected chi connectivity index (χ1v) is 10.3. The SMILES string of the molecule is O=C(OCOC(=O)c1ccccc1N1CCOCC1)c1ccc(-n2cccc2)c(C(=O)O)c1. The van der Waals surface area contributed by atoms with Gasteiger partial charge in [-0.1, -0.05) is 12.1 Å². The predicted molar refractivity (Wildman–Crippen MR) is 118 cm³/mol. The fraction of sp³-hybridized carbons (Fsp3) is 0.208. The lowest BCUT2D eigenvalue weighted by molar-refractivity contribution is -0.0167. The Bertz CT molecular complexity index is 1150. The van der Waals surface area contributed by atoms with Crippen LogP contribution in [-0.4, -0.2) is 60.7 Å². The van der Waals surface area contributed by atoms with Gasteiger partial charge in [0.05, 0.1) is 41.3 Å². The molecular weight excluding hydrogens is 428 g/mol. The van der Waals surface area contributed by atoms with E-state index in [1.54, 1.807) is 41.2 Å². The quantitative estimate of drug-likeness (QED) is 0.433. The molecule has 9 heteroatoms. The Hall–Kier alpha value is -4.11. The minimum absolute atomic E-state index is 0.0353. The van der Waals surface area contributed by atoms with Crippen molar-refractivity contribution in [1.82, 2.24) is 4.57 Å². The van der Waals surface area contributed by atoms with Gasteiger partial charge in [-0.2, -0.15) is 0 Å². The summed E-state index contributed by atoms with van der Waals surface area (Å²) in [5.74, 6) is -2.61. The molecule has 3 aromatic rings. The molecule has 0 spiro atoms. The zero-order valence-corrected chi connectivity index (χ0v) is 17.7. The van der Waals surface area contributed by atoms with E-state index in [2.05, 4.69) is 0 Å². The van der Waals surface area contributed by atoms with Gasteiger partial charge in [-0.25, -0.2) is 14.4 Å². The van der Waals surface area contributed by atoms with Gasteiger partial charge in [-0.15, -0.1) is 0 Å². The lowest BCUT2D eigenvalue weighted by Gasteiger charge is -2.30. The smallest absolute Gasteiger partial charge is 0.343 e. The molecular formula is C24H22N2O7. The number of para-hydroxylation sites is 1. The van der Waals surface area contributed by atoms with E-state index in [1.165, 1.54) is 18.2 Å². The van der Waals surface area contributed by atoms with E-state index in [4.69, 9.17) is 14.2 Å². The second-order valence-electron chi connectivity index (χ2n) is 7.23. The summed E-state index contributed by atoms with van der Waals surface area (Å²) in [5, 5.41) is 9.53. The van der Waals surface area contributed by atoms with Crippen LogP contribution in [0.2, 0.25) is 0 Å². The molecule has 0 bridgehead atoms. The molecule has 0 unspecified atom stereocenters. The first-order chi connectivity index (χ1) is 16.0. The van der Waals surface area contributed by atoms with E-state index in [9.17, 15) is 19.5 Å². The van der Waals surface area contributed by atoms with Gasteiger partial charge in [-0.3, -0.25) is 0 Å². The van der Waals surface area contributed by atoms with Crippen LogP contribution >= 0.6 is 0 Å². The topological polar surface area (TPSA) is 107 Å². The standard InChI is InChI=1S/C24H22N2O7/c27-22(28)19-15-17(7-8-21(19)25-9-3-4-10-25)23(29)32-16-33-24(30)18-5-1-2-6-20(18)26-11-13-31-14-12-26/h1-10,15H,11-14,16H2,(H,27,28). The molecule has 0 atom stereocenters. The Morgan fingerprint density at radius 3 is 2.27 bits per heavy atom. The summed E-state index contributed by atoms with van der Waals surface area (Å²) in [6, 6.07) is 14.8. The van der Waals surface area contributed by atoms with Crippen molar-refractivity contribution < 1.29 is 33.7 Å². The molecule has 9 nitrogen and oxygen atoms in total. The highest BCUT2D eigenvalue weighted by atomic mass is 16.7. The van der Waals surface area contributed by atoms with Gasteiger partial charge in [0.25, 0.3) is 0 Å². The maximum atomic E-state index is 12.6. The monoisotopic (exact) mass is 450 g/mol. The second-order valence-corrected chi connectivity index (χ2v) is 7.23. The number of ether oxygens (including phenoxy) is 3. The molecule has 0 aliphatic carbocycles. The van der Waals surface area contributed by atoms with Crippen molar-refractivity contribution in [3.05, 3.63) is 83.7 Å². The molecule has 4 rings (SSSR count). The molecule has 1 fully saturated rings. The van der Waals surface area contributed by atoms with Crippen LogP contribution in [0.5, 0.6) is 0 Å². The van der Waals surface area contributed by atoms with Crippen LogP contribution in [0.4, 0.5) is 5.69 Å². The number of carboxylic acids is 1. The van der Waals surface area contributed by atoms with Crippen LogP contribution in [0.1, 0.15) is 31.1 Å². The molecule has 170 valence electrons. The summed E-state index contributed by atoms with van der Waals surface area (Å²) in [6.45, 7) is 1.86. The molecule has 1 N–H and O–H groups in total. The van der Waals surface area contributed by atoms with Gasteiger partial charge < -0.3 is 28.8 Å². The average molecular weight is 450 g/mol. The van der Waals surface area contributed by atoms with Crippen LogP contribution in [0.15, 0.2) is 67.0 Å². The van der Waals surface area contributed by atoms with Crippen LogP contribution in [0.25, 0.3) is 5.69 Å². The lowest BCUT2D eigenvalue weighted by atomic mass is 10.1. The van der Waals surface area contributed by atoms with Crippen LogP contribution in [-0.2, 0) is 14.2 Å². The van der Waals surface area contributed by atoms with Crippen LogP contribution in [0, 0.1) is 0 Å². The highest BCUT2D eigenvalue weighted by Crippen LogP contribution is 2.22. The van der Waals surface area contributed by atoms with E-state index in [1.807, 2.05) is 17.0 Å². The number of anilines is 1. The van der Waals surface area contributed by atoms with Gasteiger partial charge in [0.2, 0.25) is 6.79 Å². The van der Waals surface area contributed by atoms with Crippen molar-refractivity contribution >= 4 is 23.6 Å². The number of carbonyl (C=O) groups is 3. The Labute approximate surface area is 189 Å². The third kappa shape index (κ3) is 5.04. The molecule has 0 amide bonds. The Balaban J connectivity index is 1.40. The summed E-state index contributed by atoms with van der Waals surface area (Å²) in [6.07, 6.45) is 3.40. The second kappa shape index (κ2) is 10.0. The van der Waals surface area contributed by atoms with Crippen molar-refractivity contribution in [3.8, 4) is 5.69 Å². The number of rotatable bonds is 7. The summed E-state index contributed by atoms with van der Waals surface area (Å²) in [5.41, 5.74) is 1.48. The molecule has 33 heavy (non-hydrogen) atoms. The molecule has 1 aliphatic rings. The lowest BCUT2D eigenvalue weighted by Crippen LogP contribution is -2.37. The molecule has 0 radical (unpaired) electrons. The fourth-order valence-corrected chi connectivity index (χ4v) is 3.58. The average Bonchev–Trinajstić information content (AvgIpc) is 3.39. The fourth-order valence-electron chi connectivity index (χ4n) is 3.58. The molecule has 2 heterocycles. The normalized spacial score (nSPS) is 13.4. The third-order valence-corrected chi connectivity index (χ3v) is 5.20. The zero-order chi connectivity index (χ0) is 23.2. The van der Waals surface area contributed by atoms with E-state index in [0.717, 1.165) is 5.69 Å². The molecule has 1 saturated heterocycles. The molecule has 2 aromatic carbocycles. The number of carboxylic acid groups (broad SMARTS) is 1. The number of hydrogen-bond acceptors (Lipinski definition) is 7. The molecule has 1 aliphatic heterocycles. The Kier molecular flexibility index (Phi) is 6.70.